The Labute approximate surface area is 237 Å². The Bertz CT molecular complexity index is 704. The average Bonchev–Trinajstić information content (AvgIpc) is 3.27. The van der Waals surface area contributed by atoms with Gasteiger partial charge in [0.2, 0.25) is 0 Å². The standard InChI is InChI=1S/C32H56O7/c1-4-5-20-31(2,3)21-13-14-25-18-19-27(33)26(25)15-7-6-10-22-32(30(34)35,38-28-16-8-11-23-36-28)39-29-17-9-12-24-37-29/h6-7,25-29,33H,4-5,8-24H2,1-3H3,(H,34,35)/t25-,26+,27-,28?,29?,32?/m0/s1. The van der Waals surface area contributed by atoms with Crippen molar-refractivity contribution in [2.75, 3.05) is 13.2 Å². The van der Waals surface area contributed by atoms with Crippen LogP contribution in [-0.4, -0.2) is 53.9 Å². The molecule has 1 aliphatic carbocycles. The van der Waals surface area contributed by atoms with Crippen molar-refractivity contribution in [1.82, 2.24) is 0 Å². The molecule has 0 spiro atoms. The highest BCUT2D eigenvalue weighted by Crippen LogP contribution is 2.40. The van der Waals surface area contributed by atoms with Gasteiger partial charge in [-0.15, -0.1) is 0 Å². The van der Waals surface area contributed by atoms with Crippen LogP contribution in [0.4, 0.5) is 0 Å². The number of unbranched alkanes of at least 4 members (excludes halogenated alkanes) is 1. The fourth-order valence-electron chi connectivity index (χ4n) is 6.49. The zero-order valence-corrected chi connectivity index (χ0v) is 24.9. The van der Waals surface area contributed by atoms with Crippen LogP contribution in [0.2, 0.25) is 0 Å². The zero-order valence-electron chi connectivity index (χ0n) is 24.9. The largest absolute Gasteiger partial charge is 0.477 e. The first-order valence-electron chi connectivity index (χ1n) is 15.9. The molecule has 0 radical (unpaired) electrons. The Morgan fingerprint density at radius 2 is 1.54 bits per heavy atom. The lowest BCUT2D eigenvalue weighted by Crippen LogP contribution is -2.51. The van der Waals surface area contributed by atoms with E-state index in [1.807, 2.05) is 6.08 Å². The Kier molecular flexibility index (Phi) is 13.7. The maximum atomic E-state index is 12.5. The number of rotatable bonds is 17. The van der Waals surface area contributed by atoms with Crippen LogP contribution in [0.3, 0.4) is 0 Å². The van der Waals surface area contributed by atoms with E-state index in [2.05, 4.69) is 26.8 Å². The second-order valence-corrected chi connectivity index (χ2v) is 12.9. The second-order valence-electron chi connectivity index (χ2n) is 12.9. The van der Waals surface area contributed by atoms with Gasteiger partial charge in [-0.1, -0.05) is 58.6 Å². The third-order valence-electron chi connectivity index (χ3n) is 9.03. The second kappa shape index (κ2) is 16.5. The first-order chi connectivity index (χ1) is 18.7. The van der Waals surface area contributed by atoms with E-state index in [1.54, 1.807) is 0 Å². The summed E-state index contributed by atoms with van der Waals surface area (Å²) in [7, 11) is 0. The molecule has 0 bridgehead atoms. The molecule has 0 aromatic carbocycles. The van der Waals surface area contributed by atoms with Crippen LogP contribution in [0.25, 0.3) is 0 Å². The normalized spacial score (nSPS) is 30.0. The van der Waals surface area contributed by atoms with Crippen molar-refractivity contribution >= 4 is 5.97 Å². The molecule has 0 aromatic rings. The summed E-state index contributed by atoms with van der Waals surface area (Å²) in [5.41, 5.74) is 0.398. The minimum Gasteiger partial charge on any atom is -0.477 e. The number of aliphatic carboxylic acids is 1. The minimum atomic E-state index is -1.80. The quantitative estimate of drug-likeness (QED) is 0.144. The van der Waals surface area contributed by atoms with Gasteiger partial charge in [0.1, 0.15) is 0 Å². The first-order valence-corrected chi connectivity index (χ1v) is 15.9. The van der Waals surface area contributed by atoms with Crippen molar-refractivity contribution in [2.24, 2.45) is 17.3 Å². The number of hydrogen-bond donors (Lipinski definition) is 2. The molecule has 7 heteroatoms. The number of carboxylic acids is 1. The molecule has 7 nitrogen and oxygen atoms in total. The van der Waals surface area contributed by atoms with Gasteiger partial charge >= 0.3 is 5.97 Å². The van der Waals surface area contributed by atoms with Crippen molar-refractivity contribution in [1.29, 1.82) is 0 Å². The van der Waals surface area contributed by atoms with E-state index < -0.39 is 24.3 Å². The van der Waals surface area contributed by atoms with Crippen LogP contribution in [0, 0.1) is 17.3 Å². The third kappa shape index (κ3) is 10.7. The molecule has 3 fully saturated rings. The van der Waals surface area contributed by atoms with E-state index in [9.17, 15) is 15.0 Å². The Morgan fingerprint density at radius 1 is 0.897 bits per heavy atom. The van der Waals surface area contributed by atoms with E-state index >= 15 is 0 Å². The SMILES string of the molecule is CCCCC(C)(C)CCC[C@H]1CC[C@H](O)[C@@H]1CC=CCCC(OC1CCCCO1)(OC1CCCCO1)C(=O)O. The molecule has 2 N–H and O–H groups in total. The molecule has 2 unspecified atom stereocenters. The topological polar surface area (TPSA) is 94.5 Å². The van der Waals surface area contributed by atoms with Gasteiger partial charge in [0.05, 0.1) is 6.10 Å². The number of aliphatic hydroxyl groups excluding tert-OH is 1. The predicted molar refractivity (Wildman–Crippen MR) is 152 cm³/mol. The average molecular weight is 553 g/mol. The van der Waals surface area contributed by atoms with E-state index in [0.29, 0.717) is 43.8 Å². The van der Waals surface area contributed by atoms with Crippen LogP contribution >= 0.6 is 0 Å². The summed E-state index contributed by atoms with van der Waals surface area (Å²) in [4.78, 5) is 12.5. The molecule has 2 heterocycles. The van der Waals surface area contributed by atoms with Crippen molar-refractivity contribution in [2.45, 2.75) is 154 Å². The molecule has 3 rings (SSSR count). The van der Waals surface area contributed by atoms with E-state index in [1.165, 1.54) is 38.5 Å². The van der Waals surface area contributed by atoms with Crippen LogP contribution in [0.15, 0.2) is 12.2 Å². The molecular formula is C32H56O7. The van der Waals surface area contributed by atoms with Crippen molar-refractivity contribution < 1.29 is 34.0 Å². The zero-order chi connectivity index (χ0) is 28.1. The monoisotopic (exact) mass is 552 g/mol. The fourth-order valence-corrected chi connectivity index (χ4v) is 6.49. The molecular weight excluding hydrogens is 496 g/mol. The number of allylic oxidation sites excluding steroid dienone is 2. The summed E-state index contributed by atoms with van der Waals surface area (Å²) < 4.78 is 23.5. The summed E-state index contributed by atoms with van der Waals surface area (Å²) in [6.07, 6.45) is 18.9. The van der Waals surface area contributed by atoms with Crippen molar-refractivity contribution in [3.63, 3.8) is 0 Å². The molecule has 0 amide bonds. The minimum absolute atomic E-state index is 0.183. The fraction of sp³-hybridized carbons (Fsp3) is 0.906. The molecule has 2 aliphatic heterocycles. The molecule has 1 saturated carbocycles. The van der Waals surface area contributed by atoms with E-state index in [0.717, 1.165) is 44.9 Å². The number of ether oxygens (including phenoxy) is 4. The number of hydrogen-bond acceptors (Lipinski definition) is 6. The Balaban J connectivity index is 1.53. The lowest BCUT2D eigenvalue weighted by Gasteiger charge is -2.37. The van der Waals surface area contributed by atoms with Gasteiger partial charge < -0.3 is 29.2 Å². The van der Waals surface area contributed by atoms with Gasteiger partial charge in [0, 0.05) is 19.6 Å². The van der Waals surface area contributed by atoms with Crippen molar-refractivity contribution in [3.8, 4) is 0 Å². The molecule has 0 aromatic heterocycles. The van der Waals surface area contributed by atoms with Crippen LogP contribution in [0.1, 0.15) is 130 Å². The van der Waals surface area contributed by atoms with Gasteiger partial charge in [0.15, 0.2) is 12.6 Å². The summed E-state index contributed by atoms with van der Waals surface area (Å²) in [6, 6.07) is 0. The molecule has 5 atom stereocenters. The van der Waals surface area contributed by atoms with Gasteiger partial charge in [-0.25, -0.2) is 4.79 Å². The summed E-state index contributed by atoms with van der Waals surface area (Å²) in [6.45, 7) is 8.17. The van der Waals surface area contributed by atoms with Crippen LogP contribution in [0.5, 0.6) is 0 Å². The lowest BCUT2D eigenvalue weighted by molar-refractivity contribution is -0.352. The highest BCUT2D eigenvalue weighted by Gasteiger charge is 2.46. The van der Waals surface area contributed by atoms with Gasteiger partial charge in [-0.3, -0.25) is 0 Å². The Morgan fingerprint density at radius 3 is 2.10 bits per heavy atom. The van der Waals surface area contributed by atoms with Crippen LogP contribution < -0.4 is 0 Å². The van der Waals surface area contributed by atoms with E-state index in [-0.39, 0.29) is 18.4 Å². The lowest BCUT2D eigenvalue weighted by atomic mass is 9.80. The molecule has 2 saturated heterocycles. The number of carboxylic acid groups (broad SMARTS) is 1. The highest BCUT2D eigenvalue weighted by atomic mass is 16.8. The Hall–Kier alpha value is -0.990. The van der Waals surface area contributed by atoms with Gasteiger partial charge in [0.25, 0.3) is 5.79 Å². The smallest absolute Gasteiger partial charge is 0.364 e. The summed E-state index contributed by atoms with van der Waals surface area (Å²) in [5.74, 6) is -2.09. The number of aliphatic hydroxyl groups is 1. The van der Waals surface area contributed by atoms with Gasteiger partial charge in [-0.05, 0) is 94.3 Å². The van der Waals surface area contributed by atoms with Crippen LogP contribution in [-0.2, 0) is 23.7 Å². The first kappa shape index (κ1) is 32.5. The van der Waals surface area contributed by atoms with E-state index in [4.69, 9.17) is 18.9 Å². The van der Waals surface area contributed by atoms with Crippen molar-refractivity contribution in [3.05, 3.63) is 12.2 Å². The number of carbonyl (C=O) groups is 1. The summed E-state index contributed by atoms with van der Waals surface area (Å²) >= 11 is 0. The molecule has 39 heavy (non-hydrogen) atoms. The summed E-state index contributed by atoms with van der Waals surface area (Å²) in [5, 5.41) is 20.9. The maximum Gasteiger partial charge on any atom is 0.364 e. The molecule has 3 aliphatic rings. The predicted octanol–water partition coefficient (Wildman–Crippen LogP) is 7.35. The third-order valence-corrected chi connectivity index (χ3v) is 9.03. The maximum absolute atomic E-state index is 12.5. The highest BCUT2D eigenvalue weighted by molar-refractivity contribution is 5.75. The molecule has 226 valence electrons. The van der Waals surface area contributed by atoms with Gasteiger partial charge in [-0.2, -0.15) is 0 Å².